The van der Waals surface area contributed by atoms with Gasteiger partial charge < -0.3 is 41.3 Å². The molecular formula is C27H29Cl2F2N7O6. The fourth-order valence-corrected chi connectivity index (χ4v) is 4.88. The van der Waals surface area contributed by atoms with Gasteiger partial charge in [0, 0.05) is 36.6 Å². The summed E-state index contributed by atoms with van der Waals surface area (Å²) in [5, 5.41) is 22.0. The Hall–Kier alpha value is -4.21. The van der Waals surface area contributed by atoms with Gasteiger partial charge in [0.2, 0.25) is 5.91 Å². The molecule has 0 radical (unpaired) electrons. The number of hydrogen-bond acceptors (Lipinski definition) is 9. The average molecular weight is 656 g/mol. The van der Waals surface area contributed by atoms with Crippen LogP contribution in [-0.4, -0.2) is 99.2 Å². The Morgan fingerprint density at radius 1 is 1.07 bits per heavy atom. The number of morpholine rings is 1. The summed E-state index contributed by atoms with van der Waals surface area (Å²) in [6, 6.07) is 7.63. The van der Waals surface area contributed by atoms with Crippen molar-refractivity contribution in [1.29, 1.82) is 0 Å². The molecule has 2 aromatic carbocycles. The summed E-state index contributed by atoms with van der Waals surface area (Å²) in [5.41, 5.74) is 1.13. The second-order valence-electron chi connectivity index (χ2n) is 9.82. The van der Waals surface area contributed by atoms with E-state index in [4.69, 9.17) is 27.9 Å². The van der Waals surface area contributed by atoms with Gasteiger partial charge in [-0.25, -0.2) is 18.6 Å². The maximum atomic E-state index is 13.3. The third-order valence-electron chi connectivity index (χ3n) is 6.52. The minimum absolute atomic E-state index is 0.0242. The molecule has 17 heteroatoms. The van der Waals surface area contributed by atoms with Crippen LogP contribution in [0.4, 0.5) is 20.2 Å². The summed E-state index contributed by atoms with van der Waals surface area (Å²) < 4.78 is 31.8. The van der Waals surface area contributed by atoms with Crippen molar-refractivity contribution in [1.82, 2.24) is 21.3 Å². The minimum Gasteiger partial charge on any atom is -0.480 e. The number of halogens is 4. The highest BCUT2D eigenvalue weighted by Gasteiger charge is 2.32. The van der Waals surface area contributed by atoms with Gasteiger partial charge >= 0.3 is 5.97 Å². The van der Waals surface area contributed by atoms with Crippen LogP contribution in [0.3, 0.4) is 0 Å². The van der Waals surface area contributed by atoms with Crippen LogP contribution in [0.15, 0.2) is 41.4 Å². The smallest absolute Gasteiger partial charge is 0.328 e. The maximum Gasteiger partial charge on any atom is 0.328 e. The molecule has 3 amide bonds. The largest absolute Gasteiger partial charge is 0.480 e. The summed E-state index contributed by atoms with van der Waals surface area (Å²) in [6.07, 6.45) is 0. The topological polar surface area (TPSA) is 173 Å². The molecule has 13 nitrogen and oxygen atoms in total. The van der Waals surface area contributed by atoms with Crippen LogP contribution < -0.4 is 31.5 Å². The second kappa shape index (κ2) is 14.5. The predicted molar refractivity (Wildman–Crippen MR) is 159 cm³/mol. The van der Waals surface area contributed by atoms with Gasteiger partial charge in [-0.1, -0.05) is 29.3 Å². The molecule has 4 rings (SSSR count). The number of ether oxygens (including phenoxy) is 1. The van der Waals surface area contributed by atoms with Crippen molar-refractivity contribution in [2.75, 3.05) is 62.7 Å². The van der Waals surface area contributed by atoms with Crippen LogP contribution in [0.25, 0.3) is 0 Å². The Morgan fingerprint density at radius 3 is 2.41 bits per heavy atom. The monoisotopic (exact) mass is 655 g/mol. The molecule has 1 saturated heterocycles. The van der Waals surface area contributed by atoms with E-state index in [0.29, 0.717) is 37.7 Å². The number of nitrogens with zero attached hydrogens (tertiary/aromatic N) is 2. The lowest BCUT2D eigenvalue weighted by molar-refractivity contribution is -0.139. The van der Waals surface area contributed by atoms with E-state index in [2.05, 4.69) is 31.6 Å². The quantitative estimate of drug-likeness (QED) is 0.222. The highest BCUT2D eigenvalue weighted by atomic mass is 35.5. The number of anilines is 2. The molecule has 1 atom stereocenters. The predicted octanol–water partition coefficient (Wildman–Crippen LogP) is 1.57. The molecular weight excluding hydrogens is 627 g/mol. The number of nitrogens with one attached hydrogen (secondary N) is 5. The highest BCUT2D eigenvalue weighted by molar-refractivity contribution is 6.40. The number of aliphatic imine (C=N–C) groups is 1. The van der Waals surface area contributed by atoms with E-state index in [0.717, 1.165) is 0 Å². The van der Waals surface area contributed by atoms with Crippen LogP contribution in [0, 0.1) is 0 Å². The van der Waals surface area contributed by atoms with Gasteiger partial charge in [0.05, 0.1) is 41.9 Å². The van der Waals surface area contributed by atoms with Crippen molar-refractivity contribution >= 4 is 64.2 Å². The van der Waals surface area contributed by atoms with Gasteiger partial charge in [-0.05, 0) is 30.3 Å². The zero-order valence-corrected chi connectivity index (χ0v) is 24.6. The lowest BCUT2D eigenvalue weighted by Crippen LogP contribution is -2.50. The molecule has 44 heavy (non-hydrogen) atoms. The first-order valence-electron chi connectivity index (χ1n) is 13.4. The summed E-state index contributed by atoms with van der Waals surface area (Å²) in [7, 11) is 0. The van der Waals surface area contributed by atoms with Crippen LogP contribution in [0.1, 0.15) is 20.7 Å². The zero-order valence-electron chi connectivity index (χ0n) is 23.1. The number of guanidine groups is 1. The maximum absolute atomic E-state index is 13.3. The van der Waals surface area contributed by atoms with E-state index in [1.165, 1.54) is 12.1 Å². The van der Waals surface area contributed by atoms with Crippen molar-refractivity contribution in [3.8, 4) is 0 Å². The molecule has 2 heterocycles. The Morgan fingerprint density at radius 2 is 1.77 bits per heavy atom. The zero-order chi connectivity index (χ0) is 31.9. The second-order valence-corrected chi connectivity index (χ2v) is 10.6. The number of rotatable bonds is 10. The average Bonchev–Trinajstić information content (AvgIpc) is 2.99. The Labute approximate surface area is 260 Å². The lowest BCUT2D eigenvalue weighted by atomic mass is 10.1. The molecule has 236 valence electrons. The molecule has 0 bridgehead atoms. The summed E-state index contributed by atoms with van der Waals surface area (Å²) in [6.45, 7) is 0.0361. The van der Waals surface area contributed by atoms with Crippen LogP contribution >= 0.6 is 23.2 Å². The first-order valence-corrected chi connectivity index (χ1v) is 14.1. The van der Waals surface area contributed by atoms with Crippen molar-refractivity contribution in [3.63, 3.8) is 0 Å². The standard InChI is InChI=1S/C27H29Cl2F2N7O6/c28-18-9-17(38-4-6-44-7-5-38)10-19(29)22(18)24(41)37-20(25(42)43)11-32-21(39)12-33-23(40)15-2-1-3-16(8-15)36-26-34-13-27(30,31)14-35-26/h1-3,8-10,20H,4-7,11-14H2,(H,32,39)(H,33,40)(H,37,41)(H,42,43)(H2,34,35,36)/t20-/m1/s1. The van der Waals surface area contributed by atoms with Crippen LogP contribution in [-0.2, 0) is 14.3 Å². The first kappa shape index (κ1) is 32.7. The molecule has 0 aliphatic carbocycles. The van der Waals surface area contributed by atoms with E-state index in [1.807, 2.05) is 4.90 Å². The number of carboxylic acids is 1. The SMILES string of the molecule is O=C(CNC(=O)c1cccc(NC2=NCC(F)(F)CN2)c1)NC[C@@H](NC(=O)c1c(Cl)cc(N2CCOCC2)cc1Cl)C(=O)O. The Balaban J connectivity index is 1.27. The van der Waals surface area contributed by atoms with E-state index >= 15 is 0 Å². The van der Waals surface area contributed by atoms with Crippen molar-refractivity contribution in [3.05, 3.63) is 57.6 Å². The number of carboxylic acid groups (broad SMARTS) is 1. The number of carbonyl (C=O) groups is 4. The fraction of sp³-hybridized carbons (Fsp3) is 0.370. The molecule has 0 spiro atoms. The van der Waals surface area contributed by atoms with Crippen LogP contribution in [0.2, 0.25) is 10.0 Å². The lowest BCUT2D eigenvalue weighted by Gasteiger charge is -2.29. The van der Waals surface area contributed by atoms with Gasteiger partial charge in [0.25, 0.3) is 17.7 Å². The molecule has 0 unspecified atom stereocenters. The molecule has 2 aliphatic rings. The number of aliphatic carboxylic acids is 1. The molecule has 6 N–H and O–H groups in total. The van der Waals surface area contributed by atoms with Gasteiger partial charge in [-0.2, -0.15) is 0 Å². The van der Waals surface area contributed by atoms with Crippen LogP contribution in [0.5, 0.6) is 0 Å². The number of alkyl halides is 2. The number of hydrogen-bond donors (Lipinski definition) is 6. The van der Waals surface area contributed by atoms with E-state index < -0.39 is 61.8 Å². The Bertz CT molecular complexity index is 1430. The molecule has 1 fully saturated rings. The van der Waals surface area contributed by atoms with E-state index in [1.54, 1.807) is 24.3 Å². The normalized spacial score (nSPS) is 16.5. The van der Waals surface area contributed by atoms with Crippen molar-refractivity contribution in [2.24, 2.45) is 4.99 Å². The van der Waals surface area contributed by atoms with Crippen molar-refractivity contribution in [2.45, 2.75) is 12.0 Å². The molecule has 0 aromatic heterocycles. The van der Waals surface area contributed by atoms with Gasteiger partial charge in [-0.3, -0.25) is 14.4 Å². The summed E-state index contributed by atoms with van der Waals surface area (Å²) in [4.78, 5) is 55.3. The minimum atomic E-state index is -2.94. The third-order valence-corrected chi connectivity index (χ3v) is 7.11. The van der Waals surface area contributed by atoms with E-state index in [-0.39, 0.29) is 27.1 Å². The molecule has 0 saturated carbocycles. The van der Waals surface area contributed by atoms with Gasteiger partial charge in [0.15, 0.2) is 5.96 Å². The summed E-state index contributed by atoms with van der Waals surface area (Å²) in [5.74, 6) is -6.43. The Kier molecular flexibility index (Phi) is 10.8. The summed E-state index contributed by atoms with van der Waals surface area (Å²) >= 11 is 12.7. The van der Waals surface area contributed by atoms with Gasteiger partial charge in [0.1, 0.15) is 12.6 Å². The molecule has 2 aromatic rings. The van der Waals surface area contributed by atoms with E-state index in [9.17, 15) is 33.1 Å². The van der Waals surface area contributed by atoms with Crippen molar-refractivity contribution < 1.29 is 37.8 Å². The highest BCUT2D eigenvalue weighted by Crippen LogP contribution is 2.31. The fourth-order valence-electron chi connectivity index (χ4n) is 4.23. The number of benzene rings is 2. The number of carbonyl (C=O) groups excluding carboxylic acids is 3. The number of amides is 3. The third kappa shape index (κ3) is 8.90. The molecule has 2 aliphatic heterocycles. The first-order chi connectivity index (χ1) is 20.9. The van der Waals surface area contributed by atoms with Gasteiger partial charge in [-0.15, -0.1) is 0 Å².